The predicted molar refractivity (Wildman–Crippen MR) is 69.9 cm³/mol. The van der Waals surface area contributed by atoms with Gasteiger partial charge in [0.2, 0.25) is 0 Å². The fourth-order valence-electron chi connectivity index (χ4n) is 1.56. The van der Waals surface area contributed by atoms with Gasteiger partial charge in [-0.25, -0.2) is 4.79 Å². The van der Waals surface area contributed by atoms with E-state index in [0.29, 0.717) is 29.4 Å². The summed E-state index contributed by atoms with van der Waals surface area (Å²) in [5.74, 6) is 0.810. The molecule has 0 aliphatic heterocycles. The molecule has 0 radical (unpaired) electrons. The number of furan rings is 1. The number of esters is 1. The Balaban J connectivity index is 2.04. The Bertz CT molecular complexity index is 549. The van der Waals surface area contributed by atoms with Crippen LogP contribution in [-0.2, 0) is 11.3 Å². The lowest BCUT2D eigenvalue weighted by atomic mass is 10.2. The number of carbonyl (C=O) groups excluding carboxylic acids is 1. The summed E-state index contributed by atoms with van der Waals surface area (Å²) in [5, 5.41) is 0. The molecule has 0 amide bonds. The minimum absolute atomic E-state index is 0.288. The number of benzene rings is 1. The Hall–Kier alpha value is -2.43. The van der Waals surface area contributed by atoms with Crippen LogP contribution in [0.2, 0.25) is 0 Å². The van der Waals surface area contributed by atoms with E-state index in [1.807, 2.05) is 6.07 Å². The molecular weight excluding hydrogens is 246 g/mol. The summed E-state index contributed by atoms with van der Waals surface area (Å²) in [6.07, 6.45) is 1.58. The van der Waals surface area contributed by atoms with Gasteiger partial charge in [-0.1, -0.05) is 0 Å². The molecule has 5 heteroatoms. The lowest BCUT2D eigenvalue weighted by Crippen LogP contribution is -2.06. The molecule has 1 aromatic carbocycles. The van der Waals surface area contributed by atoms with E-state index in [4.69, 9.17) is 19.6 Å². The summed E-state index contributed by atoms with van der Waals surface area (Å²) >= 11 is 0. The van der Waals surface area contributed by atoms with E-state index in [0.717, 1.165) is 0 Å². The van der Waals surface area contributed by atoms with E-state index in [9.17, 15) is 4.79 Å². The first-order valence-corrected chi connectivity index (χ1v) is 5.92. The number of ether oxygens (including phenoxy) is 2. The number of rotatable bonds is 5. The molecule has 19 heavy (non-hydrogen) atoms. The van der Waals surface area contributed by atoms with Crippen LogP contribution in [0.5, 0.6) is 5.75 Å². The van der Waals surface area contributed by atoms with Crippen molar-refractivity contribution in [2.75, 3.05) is 12.3 Å². The second-order valence-corrected chi connectivity index (χ2v) is 3.84. The van der Waals surface area contributed by atoms with Crippen molar-refractivity contribution >= 4 is 11.7 Å². The van der Waals surface area contributed by atoms with Crippen molar-refractivity contribution in [3.05, 3.63) is 47.9 Å². The number of nitrogens with two attached hydrogens (primary N) is 1. The van der Waals surface area contributed by atoms with Crippen molar-refractivity contribution in [1.29, 1.82) is 0 Å². The molecule has 0 aliphatic rings. The van der Waals surface area contributed by atoms with Gasteiger partial charge in [-0.05, 0) is 37.3 Å². The normalized spacial score (nSPS) is 10.2. The maximum Gasteiger partial charge on any atom is 0.338 e. The topological polar surface area (TPSA) is 74.7 Å². The molecule has 5 nitrogen and oxygen atoms in total. The van der Waals surface area contributed by atoms with Gasteiger partial charge < -0.3 is 19.6 Å². The largest absolute Gasteiger partial charge is 0.483 e. The van der Waals surface area contributed by atoms with Crippen LogP contribution in [0.15, 0.2) is 41.0 Å². The van der Waals surface area contributed by atoms with Crippen molar-refractivity contribution in [2.45, 2.75) is 13.5 Å². The average molecular weight is 261 g/mol. The van der Waals surface area contributed by atoms with E-state index in [1.165, 1.54) is 6.07 Å². The summed E-state index contributed by atoms with van der Waals surface area (Å²) in [7, 11) is 0. The summed E-state index contributed by atoms with van der Waals surface area (Å²) in [4.78, 5) is 11.5. The number of hydrogen-bond acceptors (Lipinski definition) is 5. The minimum Gasteiger partial charge on any atom is -0.483 e. The molecule has 0 spiro atoms. The van der Waals surface area contributed by atoms with Gasteiger partial charge in [-0.15, -0.1) is 0 Å². The average Bonchev–Trinajstić information content (AvgIpc) is 2.90. The van der Waals surface area contributed by atoms with Gasteiger partial charge in [0.15, 0.2) is 0 Å². The van der Waals surface area contributed by atoms with Gasteiger partial charge in [0.05, 0.1) is 24.1 Å². The van der Waals surface area contributed by atoms with Gasteiger partial charge in [-0.3, -0.25) is 0 Å². The van der Waals surface area contributed by atoms with Gasteiger partial charge in [0.25, 0.3) is 0 Å². The lowest BCUT2D eigenvalue weighted by Gasteiger charge is -2.09. The molecule has 2 rings (SSSR count). The molecule has 0 fully saturated rings. The molecule has 1 heterocycles. The van der Waals surface area contributed by atoms with Crippen molar-refractivity contribution in [1.82, 2.24) is 0 Å². The fraction of sp³-hybridized carbons (Fsp3) is 0.214. The summed E-state index contributed by atoms with van der Waals surface area (Å²) < 4.78 is 15.5. The summed E-state index contributed by atoms with van der Waals surface area (Å²) in [6.45, 7) is 2.37. The Labute approximate surface area is 110 Å². The third kappa shape index (κ3) is 3.28. The number of carbonyl (C=O) groups is 1. The number of hydrogen-bond donors (Lipinski definition) is 1. The zero-order valence-electron chi connectivity index (χ0n) is 10.6. The van der Waals surface area contributed by atoms with E-state index in [1.54, 1.807) is 31.4 Å². The molecule has 2 aromatic rings. The van der Waals surface area contributed by atoms with Crippen LogP contribution >= 0.6 is 0 Å². The minimum atomic E-state index is -0.396. The molecule has 0 aliphatic carbocycles. The van der Waals surface area contributed by atoms with Crippen LogP contribution in [0.4, 0.5) is 5.69 Å². The second kappa shape index (κ2) is 5.95. The monoisotopic (exact) mass is 261 g/mol. The Morgan fingerprint density at radius 1 is 1.37 bits per heavy atom. The maximum atomic E-state index is 11.5. The highest BCUT2D eigenvalue weighted by molar-refractivity contribution is 5.91. The van der Waals surface area contributed by atoms with E-state index >= 15 is 0 Å². The van der Waals surface area contributed by atoms with Crippen molar-refractivity contribution < 1.29 is 18.7 Å². The molecular formula is C14H15NO4. The van der Waals surface area contributed by atoms with Crippen molar-refractivity contribution in [3.63, 3.8) is 0 Å². The van der Waals surface area contributed by atoms with Gasteiger partial charge in [0.1, 0.15) is 18.1 Å². The van der Waals surface area contributed by atoms with Gasteiger partial charge >= 0.3 is 5.97 Å². The lowest BCUT2D eigenvalue weighted by molar-refractivity contribution is 0.0526. The summed E-state index contributed by atoms with van der Waals surface area (Å²) in [6, 6.07) is 8.39. The molecule has 2 N–H and O–H groups in total. The highest BCUT2D eigenvalue weighted by atomic mass is 16.5. The number of nitrogen functional groups attached to an aromatic ring is 1. The highest BCUT2D eigenvalue weighted by Gasteiger charge is 2.10. The Morgan fingerprint density at radius 3 is 2.84 bits per heavy atom. The van der Waals surface area contributed by atoms with Crippen LogP contribution in [0.1, 0.15) is 23.0 Å². The van der Waals surface area contributed by atoms with Crippen LogP contribution < -0.4 is 10.5 Å². The maximum absolute atomic E-state index is 11.5. The molecule has 100 valence electrons. The van der Waals surface area contributed by atoms with Crippen molar-refractivity contribution in [3.8, 4) is 5.75 Å². The van der Waals surface area contributed by atoms with Crippen LogP contribution in [0.3, 0.4) is 0 Å². The number of anilines is 1. The van der Waals surface area contributed by atoms with Crippen LogP contribution in [0, 0.1) is 0 Å². The molecule has 1 aromatic heterocycles. The predicted octanol–water partition coefficient (Wildman–Crippen LogP) is 2.62. The van der Waals surface area contributed by atoms with E-state index < -0.39 is 5.97 Å². The second-order valence-electron chi connectivity index (χ2n) is 3.84. The zero-order chi connectivity index (χ0) is 13.7. The first kappa shape index (κ1) is 13.0. The van der Waals surface area contributed by atoms with Gasteiger partial charge in [0, 0.05) is 0 Å². The smallest absolute Gasteiger partial charge is 0.338 e. The van der Waals surface area contributed by atoms with Crippen LogP contribution in [-0.4, -0.2) is 12.6 Å². The standard InChI is InChI=1S/C14H15NO4/c1-2-17-14(16)10-5-6-13(12(15)8-10)19-9-11-4-3-7-18-11/h3-8H,2,9,15H2,1H3. The molecule has 0 bridgehead atoms. The first-order chi connectivity index (χ1) is 9.20. The molecule has 0 saturated heterocycles. The third-order valence-electron chi connectivity index (χ3n) is 2.47. The molecule has 0 unspecified atom stereocenters. The Kier molecular flexibility index (Phi) is 4.07. The fourth-order valence-corrected chi connectivity index (χ4v) is 1.56. The van der Waals surface area contributed by atoms with E-state index in [2.05, 4.69) is 0 Å². The zero-order valence-corrected chi connectivity index (χ0v) is 10.6. The van der Waals surface area contributed by atoms with Crippen molar-refractivity contribution in [2.24, 2.45) is 0 Å². The highest BCUT2D eigenvalue weighted by Crippen LogP contribution is 2.24. The van der Waals surface area contributed by atoms with Gasteiger partial charge in [-0.2, -0.15) is 0 Å². The molecule has 0 atom stereocenters. The third-order valence-corrected chi connectivity index (χ3v) is 2.47. The molecule has 0 saturated carbocycles. The Morgan fingerprint density at radius 2 is 2.21 bits per heavy atom. The summed E-state index contributed by atoms with van der Waals surface area (Å²) in [5.41, 5.74) is 6.62. The first-order valence-electron chi connectivity index (χ1n) is 5.92. The quantitative estimate of drug-likeness (QED) is 0.661. The van der Waals surface area contributed by atoms with Crippen LogP contribution in [0.25, 0.3) is 0 Å². The SMILES string of the molecule is CCOC(=O)c1ccc(OCc2ccco2)c(N)c1. The van der Waals surface area contributed by atoms with E-state index in [-0.39, 0.29) is 6.61 Å².